The van der Waals surface area contributed by atoms with E-state index in [4.69, 9.17) is 14.2 Å². The summed E-state index contributed by atoms with van der Waals surface area (Å²) in [6.07, 6.45) is 4.12. The molecule has 1 amide bonds. The van der Waals surface area contributed by atoms with E-state index in [9.17, 15) is 4.79 Å². The van der Waals surface area contributed by atoms with Crippen molar-refractivity contribution in [2.45, 2.75) is 0 Å². The lowest BCUT2D eigenvalue weighted by molar-refractivity contribution is -0.106. The second kappa shape index (κ2) is 13.6. The highest BCUT2D eigenvalue weighted by molar-refractivity contribution is 5.78. The number of rotatable bonds is 14. The maximum atomic E-state index is 11.5. The molecule has 3 rings (SSSR count). The molecule has 0 atom stereocenters. The number of hydrogen-bond acceptors (Lipinski definition) is 6. The lowest BCUT2D eigenvalue weighted by Gasteiger charge is -2.14. The molecule has 0 spiro atoms. The Morgan fingerprint density at radius 2 is 1.48 bits per heavy atom. The SMILES string of the molecule is COCCNCCOc1ccc(N(C=O)/C=C\Nc2ccc(Oc3ccccc3)cc2)cc1. The third-order valence-corrected chi connectivity index (χ3v) is 4.60. The van der Waals surface area contributed by atoms with Crippen molar-refractivity contribution in [1.82, 2.24) is 5.32 Å². The first-order valence-corrected chi connectivity index (χ1v) is 10.7. The minimum atomic E-state index is 0.555. The molecule has 2 N–H and O–H groups in total. The molecule has 0 heterocycles. The van der Waals surface area contributed by atoms with Crippen LogP contribution in [0, 0.1) is 0 Å². The van der Waals surface area contributed by atoms with Crippen LogP contribution >= 0.6 is 0 Å². The molecule has 7 heteroatoms. The van der Waals surface area contributed by atoms with Crippen LogP contribution in [0.4, 0.5) is 11.4 Å². The topological polar surface area (TPSA) is 72.1 Å². The van der Waals surface area contributed by atoms with Gasteiger partial charge >= 0.3 is 0 Å². The molecular formula is C26H29N3O4. The summed E-state index contributed by atoms with van der Waals surface area (Å²) in [6, 6.07) is 24.5. The van der Waals surface area contributed by atoms with Gasteiger partial charge in [-0.05, 0) is 60.7 Å². The molecule has 0 aliphatic carbocycles. The Bertz CT molecular complexity index is 977. The molecule has 0 aliphatic rings. The van der Waals surface area contributed by atoms with E-state index in [0.717, 1.165) is 48.1 Å². The number of nitrogens with zero attached hydrogens (tertiary/aromatic N) is 1. The molecule has 0 saturated carbocycles. The molecule has 0 aromatic heterocycles. The van der Waals surface area contributed by atoms with Crippen molar-refractivity contribution in [2.75, 3.05) is 43.6 Å². The van der Waals surface area contributed by atoms with Crippen LogP contribution in [0.3, 0.4) is 0 Å². The molecule has 0 saturated heterocycles. The fraction of sp³-hybridized carbons (Fsp3) is 0.192. The Balaban J connectivity index is 1.46. The van der Waals surface area contributed by atoms with Gasteiger partial charge in [0.2, 0.25) is 6.41 Å². The lowest BCUT2D eigenvalue weighted by atomic mass is 10.3. The van der Waals surface area contributed by atoms with Crippen LogP contribution < -0.4 is 25.0 Å². The average Bonchev–Trinajstić information content (AvgIpc) is 2.86. The zero-order valence-electron chi connectivity index (χ0n) is 18.6. The van der Waals surface area contributed by atoms with Crippen LogP contribution in [0.25, 0.3) is 0 Å². The van der Waals surface area contributed by atoms with Crippen LogP contribution in [-0.2, 0) is 9.53 Å². The van der Waals surface area contributed by atoms with Gasteiger partial charge in [0.1, 0.15) is 23.9 Å². The van der Waals surface area contributed by atoms with Crippen LogP contribution in [-0.4, -0.2) is 39.8 Å². The van der Waals surface area contributed by atoms with Crippen LogP contribution in [0.2, 0.25) is 0 Å². The Labute approximate surface area is 194 Å². The highest BCUT2D eigenvalue weighted by Gasteiger charge is 2.02. The van der Waals surface area contributed by atoms with E-state index in [0.29, 0.717) is 13.2 Å². The Kier molecular flexibility index (Phi) is 9.80. The minimum absolute atomic E-state index is 0.555. The van der Waals surface area contributed by atoms with Gasteiger partial charge < -0.3 is 24.8 Å². The third-order valence-electron chi connectivity index (χ3n) is 4.60. The van der Waals surface area contributed by atoms with E-state index in [1.54, 1.807) is 19.5 Å². The molecule has 33 heavy (non-hydrogen) atoms. The normalized spacial score (nSPS) is 10.7. The summed E-state index contributed by atoms with van der Waals surface area (Å²) in [5, 5.41) is 6.37. The van der Waals surface area contributed by atoms with Crippen molar-refractivity contribution in [1.29, 1.82) is 0 Å². The number of ether oxygens (including phenoxy) is 3. The van der Waals surface area contributed by atoms with E-state index >= 15 is 0 Å². The zero-order valence-corrected chi connectivity index (χ0v) is 18.6. The first kappa shape index (κ1) is 23.8. The van der Waals surface area contributed by atoms with E-state index in [2.05, 4.69) is 10.6 Å². The van der Waals surface area contributed by atoms with Crippen LogP contribution in [0.5, 0.6) is 17.2 Å². The molecule has 0 radical (unpaired) electrons. The molecule has 3 aromatic rings. The number of nitrogens with one attached hydrogen (secondary N) is 2. The Morgan fingerprint density at radius 3 is 2.18 bits per heavy atom. The fourth-order valence-electron chi connectivity index (χ4n) is 2.89. The van der Waals surface area contributed by atoms with Crippen molar-refractivity contribution in [3.8, 4) is 17.2 Å². The molecule has 7 nitrogen and oxygen atoms in total. The summed E-state index contributed by atoms with van der Waals surface area (Å²) in [6.45, 7) is 2.75. The number of carbonyl (C=O) groups is 1. The van der Waals surface area contributed by atoms with Gasteiger partial charge in [0.15, 0.2) is 0 Å². The lowest BCUT2D eigenvalue weighted by Crippen LogP contribution is -2.24. The van der Waals surface area contributed by atoms with Gasteiger partial charge in [-0.25, -0.2) is 0 Å². The summed E-state index contributed by atoms with van der Waals surface area (Å²) in [5.41, 5.74) is 1.61. The largest absolute Gasteiger partial charge is 0.492 e. The second-order valence-corrected chi connectivity index (χ2v) is 7.00. The average molecular weight is 448 g/mol. The van der Waals surface area contributed by atoms with E-state index < -0.39 is 0 Å². The number of hydrogen-bond donors (Lipinski definition) is 2. The van der Waals surface area contributed by atoms with Gasteiger partial charge in [-0.1, -0.05) is 18.2 Å². The number of methoxy groups -OCH3 is 1. The van der Waals surface area contributed by atoms with Crippen LogP contribution in [0.15, 0.2) is 91.3 Å². The van der Waals surface area contributed by atoms with Gasteiger partial charge in [-0.2, -0.15) is 0 Å². The van der Waals surface area contributed by atoms with Crippen molar-refractivity contribution >= 4 is 17.8 Å². The number of anilines is 2. The van der Waals surface area contributed by atoms with Crippen molar-refractivity contribution in [3.63, 3.8) is 0 Å². The van der Waals surface area contributed by atoms with Crippen LogP contribution in [0.1, 0.15) is 0 Å². The summed E-state index contributed by atoms with van der Waals surface area (Å²) in [5.74, 6) is 2.28. The highest BCUT2D eigenvalue weighted by Crippen LogP contribution is 2.23. The van der Waals surface area contributed by atoms with E-state index in [1.165, 1.54) is 4.90 Å². The molecule has 0 unspecified atom stereocenters. The maximum absolute atomic E-state index is 11.5. The smallest absolute Gasteiger partial charge is 0.218 e. The number of carbonyl (C=O) groups excluding carboxylic acids is 1. The van der Waals surface area contributed by atoms with E-state index in [-0.39, 0.29) is 0 Å². The van der Waals surface area contributed by atoms with Gasteiger partial charge in [0.25, 0.3) is 0 Å². The predicted octanol–water partition coefficient (Wildman–Crippen LogP) is 4.64. The standard InChI is InChI=1S/C26H29N3O4/c1-31-19-16-27-17-20-32-24-13-9-23(10-14-24)29(21-30)18-15-28-22-7-11-26(12-8-22)33-25-5-3-2-4-6-25/h2-15,18,21,27-28H,16-17,19-20H2,1H3/b18-15-. The fourth-order valence-corrected chi connectivity index (χ4v) is 2.89. The molecular weight excluding hydrogens is 418 g/mol. The summed E-state index contributed by atoms with van der Waals surface area (Å²) >= 11 is 0. The summed E-state index contributed by atoms with van der Waals surface area (Å²) in [4.78, 5) is 13.0. The predicted molar refractivity (Wildman–Crippen MR) is 131 cm³/mol. The van der Waals surface area contributed by atoms with Crippen molar-refractivity contribution in [3.05, 3.63) is 91.3 Å². The Hall–Kier alpha value is -3.81. The number of para-hydroxylation sites is 1. The van der Waals surface area contributed by atoms with Crippen molar-refractivity contribution in [2.24, 2.45) is 0 Å². The first-order valence-electron chi connectivity index (χ1n) is 10.7. The molecule has 3 aromatic carbocycles. The quantitative estimate of drug-likeness (QED) is 0.277. The van der Waals surface area contributed by atoms with Gasteiger partial charge in [0, 0.05) is 44.0 Å². The van der Waals surface area contributed by atoms with Gasteiger partial charge in [-0.15, -0.1) is 0 Å². The minimum Gasteiger partial charge on any atom is -0.492 e. The van der Waals surface area contributed by atoms with Gasteiger partial charge in [0.05, 0.1) is 6.61 Å². The highest BCUT2D eigenvalue weighted by atomic mass is 16.5. The monoisotopic (exact) mass is 447 g/mol. The molecule has 0 aliphatic heterocycles. The maximum Gasteiger partial charge on any atom is 0.218 e. The molecule has 172 valence electrons. The molecule has 0 bridgehead atoms. The Morgan fingerprint density at radius 1 is 0.818 bits per heavy atom. The van der Waals surface area contributed by atoms with Crippen molar-refractivity contribution < 1.29 is 19.0 Å². The zero-order chi connectivity index (χ0) is 23.1. The summed E-state index contributed by atoms with van der Waals surface area (Å²) < 4.78 is 16.5. The molecule has 0 fully saturated rings. The van der Waals surface area contributed by atoms with Gasteiger partial charge in [-0.3, -0.25) is 9.69 Å². The second-order valence-electron chi connectivity index (χ2n) is 7.00. The number of benzene rings is 3. The summed E-state index contributed by atoms with van der Waals surface area (Å²) in [7, 11) is 1.67. The third kappa shape index (κ3) is 8.33. The first-order chi connectivity index (χ1) is 16.3. The van der Waals surface area contributed by atoms with E-state index in [1.807, 2.05) is 78.9 Å². The number of amides is 1.